The zero-order valence-electron chi connectivity index (χ0n) is 13.6. The number of nitriles is 1. The summed E-state index contributed by atoms with van der Waals surface area (Å²) < 4.78 is 9.04. The Morgan fingerprint density at radius 2 is 2.29 bits per heavy atom. The number of rotatable bonds is 4. The molecule has 8 nitrogen and oxygen atoms in total. The third kappa shape index (κ3) is 2.86. The van der Waals surface area contributed by atoms with Gasteiger partial charge in [0.15, 0.2) is 5.75 Å². The van der Waals surface area contributed by atoms with E-state index in [1.54, 1.807) is 40.8 Å². The fraction of sp³-hybridized carbons (Fsp3) is 0.438. The van der Waals surface area contributed by atoms with Gasteiger partial charge in [0.05, 0.1) is 25.5 Å². The number of nitrogens with zero attached hydrogens (tertiary/aromatic N) is 5. The number of aryl methyl sites for hydroxylation is 1. The molecule has 24 heavy (non-hydrogen) atoms. The Labute approximate surface area is 139 Å². The summed E-state index contributed by atoms with van der Waals surface area (Å²) in [4.78, 5) is 14.1. The van der Waals surface area contributed by atoms with Crippen LogP contribution in [0.3, 0.4) is 0 Å². The minimum Gasteiger partial charge on any atom is -0.482 e. The maximum atomic E-state index is 12.6. The fourth-order valence-electron chi connectivity index (χ4n) is 2.79. The molecule has 2 aromatic heterocycles. The van der Waals surface area contributed by atoms with Crippen molar-refractivity contribution in [2.75, 3.05) is 13.1 Å². The summed E-state index contributed by atoms with van der Waals surface area (Å²) >= 11 is 0. The molecule has 0 saturated carbocycles. The van der Waals surface area contributed by atoms with Gasteiger partial charge in [0.2, 0.25) is 0 Å². The molecule has 8 heteroatoms. The Balaban J connectivity index is 1.69. The van der Waals surface area contributed by atoms with E-state index in [0.717, 1.165) is 6.54 Å². The standard InChI is InChI=1S/C16H19N5O3/c1-3-21-8-12(7-18-21)24-15-10-20(9-14(15)22)16(23)13-5-4-11(6-17)19(13)2/h4-5,7-8,14-15,22H,3,9-10H2,1-2H3/t14-,15-/m1/s1. The van der Waals surface area contributed by atoms with E-state index in [9.17, 15) is 9.90 Å². The molecule has 0 radical (unpaired) electrons. The molecular weight excluding hydrogens is 310 g/mol. The molecule has 0 aromatic carbocycles. The number of aliphatic hydroxyl groups is 1. The Morgan fingerprint density at radius 3 is 2.92 bits per heavy atom. The van der Waals surface area contributed by atoms with Gasteiger partial charge in [0.1, 0.15) is 29.7 Å². The summed E-state index contributed by atoms with van der Waals surface area (Å²) in [6.07, 6.45) is 2.08. The van der Waals surface area contributed by atoms with Gasteiger partial charge in [0.25, 0.3) is 5.91 Å². The molecule has 1 amide bonds. The van der Waals surface area contributed by atoms with Crippen molar-refractivity contribution in [3.8, 4) is 11.8 Å². The molecule has 1 aliphatic heterocycles. The maximum Gasteiger partial charge on any atom is 0.270 e. The van der Waals surface area contributed by atoms with Gasteiger partial charge in [-0.2, -0.15) is 10.4 Å². The summed E-state index contributed by atoms with van der Waals surface area (Å²) in [7, 11) is 1.67. The lowest BCUT2D eigenvalue weighted by molar-refractivity contribution is 0.0727. The Morgan fingerprint density at radius 1 is 1.50 bits per heavy atom. The van der Waals surface area contributed by atoms with E-state index < -0.39 is 12.2 Å². The molecule has 2 aromatic rings. The minimum absolute atomic E-state index is 0.193. The molecule has 0 spiro atoms. The predicted octanol–water partition coefficient (Wildman–Crippen LogP) is 0.377. The molecule has 0 unspecified atom stereocenters. The van der Waals surface area contributed by atoms with Crippen molar-refractivity contribution < 1.29 is 14.6 Å². The van der Waals surface area contributed by atoms with Crippen LogP contribution in [0.4, 0.5) is 0 Å². The summed E-state index contributed by atoms with van der Waals surface area (Å²) in [6.45, 7) is 3.18. The summed E-state index contributed by atoms with van der Waals surface area (Å²) in [5.74, 6) is 0.342. The molecular formula is C16H19N5O3. The van der Waals surface area contributed by atoms with Gasteiger partial charge in [-0.1, -0.05) is 0 Å². The van der Waals surface area contributed by atoms with E-state index in [1.165, 1.54) is 4.90 Å². The number of carbonyl (C=O) groups is 1. The first-order valence-corrected chi connectivity index (χ1v) is 7.75. The van der Waals surface area contributed by atoms with Gasteiger partial charge in [-0.3, -0.25) is 9.48 Å². The SMILES string of the molecule is CCn1cc(O[C@@H]2CN(C(=O)c3ccc(C#N)n3C)C[C@H]2O)cn1. The quantitative estimate of drug-likeness (QED) is 0.874. The van der Waals surface area contributed by atoms with Gasteiger partial charge >= 0.3 is 0 Å². The normalized spacial score (nSPS) is 20.2. The maximum absolute atomic E-state index is 12.6. The Kier molecular flexibility index (Phi) is 4.27. The van der Waals surface area contributed by atoms with Crippen molar-refractivity contribution in [2.45, 2.75) is 25.7 Å². The number of β-amino-alcohol motifs (C(OH)–C–C–N with tert-alkyl or cyclic N) is 1. The molecule has 1 aliphatic rings. The Hall–Kier alpha value is -2.79. The second-order valence-corrected chi connectivity index (χ2v) is 5.74. The highest BCUT2D eigenvalue weighted by Crippen LogP contribution is 2.20. The van der Waals surface area contributed by atoms with Crippen LogP contribution in [0, 0.1) is 11.3 Å². The van der Waals surface area contributed by atoms with Gasteiger partial charge in [-0.25, -0.2) is 0 Å². The number of amides is 1. The third-order valence-electron chi connectivity index (χ3n) is 4.20. The molecule has 126 valence electrons. The van der Waals surface area contributed by atoms with E-state index in [2.05, 4.69) is 5.10 Å². The van der Waals surface area contributed by atoms with Gasteiger partial charge in [-0.15, -0.1) is 0 Å². The molecule has 1 N–H and O–H groups in total. The highest BCUT2D eigenvalue weighted by Gasteiger charge is 2.37. The van der Waals surface area contributed by atoms with Crippen molar-refractivity contribution in [1.82, 2.24) is 19.2 Å². The van der Waals surface area contributed by atoms with E-state index in [1.807, 2.05) is 13.0 Å². The van der Waals surface area contributed by atoms with Crippen molar-refractivity contribution in [2.24, 2.45) is 7.05 Å². The smallest absolute Gasteiger partial charge is 0.270 e. The first-order valence-electron chi connectivity index (χ1n) is 7.75. The molecule has 3 rings (SSSR count). The number of carbonyl (C=O) groups excluding carboxylic acids is 1. The van der Waals surface area contributed by atoms with Crippen LogP contribution in [-0.2, 0) is 13.6 Å². The van der Waals surface area contributed by atoms with Gasteiger partial charge in [0, 0.05) is 13.6 Å². The van der Waals surface area contributed by atoms with Gasteiger partial charge in [-0.05, 0) is 19.1 Å². The number of aromatic nitrogens is 3. The highest BCUT2D eigenvalue weighted by atomic mass is 16.5. The van der Waals surface area contributed by atoms with Crippen LogP contribution in [0.5, 0.6) is 5.75 Å². The van der Waals surface area contributed by atoms with Crippen molar-refractivity contribution in [3.63, 3.8) is 0 Å². The van der Waals surface area contributed by atoms with Gasteiger partial charge < -0.3 is 19.3 Å². The summed E-state index contributed by atoms with van der Waals surface area (Å²) in [6, 6.07) is 5.25. The van der Waals surface area contributed by atoms with Crippen LogP contribution < -0.4 is 4.74 Å². The summed E-state index contributed by atoms with van der Waals surface area (Å²) in [5.41, 5.74) is 0.830. The summed E-state index contributed by atoms with van der Waals surface area (Å²) in [5, 5.41) is 23.3. The molecule has 0 bridgehead atoms. The lowest BCUT2D eigenvalue weighted by Gasteiger charge is -2.16. The van der Waals surface area contributed by atoms with Crippen LogP contribution in [0.25, 0.3) is 0 Å². The number of hydrogen-bond acceptors (Lipinski definition) is 5. The van der Waals surface area contributed by atoms with Crippen LogP contribution in [0.15, 0.2) is 24.5 Å². The number of likely N-dealkylation sites (tertiary alicyclic amines) is 1. The number of ether oxygens (including phenoxy) is 1. The van der Waals surface area contributed by atoms with E-state index >= 15 is 0 Å². The van der Waals surface area contributed by atoms with Crippen molar-refractivity contribution in [1.29, 1.82) is 5.26 Å². The van der Waals surface area contributed by atoms with E-state index in [0.29, 0.717) is 17.1 Å². The van der Waals surface area contributed by atoms with Crippen LogP contribution in [-0.4, -0.2) is 55.6 Å². The lowest BCUT2D eigenvalue weighted by Crippen LogP contribution is -2.32. The second-order valence-electron chi connectivity index (χ2n) is 5.74. The predicted molar refractivity (Wildman–Crippen MR) is 84.4 cm³/mol. The third-order valence-corrected chi connectivity index (χ3v) is 4.20. The first kappa shape index (κ1) is 16.1. The van der Waals surface area contributed by atoms with E-state index in [4.69, 9.17) is 10.00 Å². The molecule has 2 atom stereocenters. The largest absolute Gasteiger partial charge is 0.482 e. The topological polar surface area (TPSA) is 96.3 Å². The molecule has 1 fully saturated rings. The monoisotopic (exact) mass is 329 g/mol. The molecule has 0 aliphatic carbocycles. The minimum atomic E-state index is -0.769. The zero-order valence-corrected chi connectivity index (χ0v) is 13.6. The zero-order chi connectivity index (χ0) is 17.3. The molecule has 1 saturated heterocycles. The van der Waals surface area contributed by atoms with E-state index in [-0.39, 0.29) is 19.0 Å². The number of hydrogen-bond donors (Lipinski definition) is 1. The average molecular weight is 329 g/mol. The second kappa shape index (κ2) is 6.37. The average Bonchev–Trinajstić information content (AvgIpc) is 3.27. The Bertz CT molecular complexity index is 788. The van der Waals surface area contributed by atoms with Crippen LogP contribution in [0.1, 0.15) is 23.1 Å². The highest BCUT2D eigenvalue weighted by molar-refractivity contribution is 5.93. The molecule has 3 heterocycles. The van der Waals surface area contributed by atoms with Crippen molar-refractivity contribution >= 4 is 5.91 Å². The fourth-order valence-corrected chi connectivity index (χ4v) is 2.79. The van der Waals surface area contributed by atoms with Crippen molar-refractivity contribution in [3.05, 3.63) is 35.9 Å². The first-order chi connectivity index (χ1) is 11.5. The van der Waals surface area contributed by atoms with Crippen LogP contribution in [0.2, 0.25) is 0 Å². The lowest BCUT2D eigenvalue weighted by atomic mass is 10.3. The van der Waals surface area contributed by atoms with Crippen LogP contribution >= 0.6 is 0 Å². The number of aliphatic hydroxyl groups excluding tert-OH is 1.